The Morgan fingerprint density at radius 2 is 1.92 bits per heavy atom. The summed E-state index contributed by atoms with van der Waals surface area (Å²) in [5.74, 6) is 0.433. The van der Waals surface area contributed by atoms with Gasteiger partial charge in [-0.25, -0.2) is 4.98 Å². The number of aromatic nitrogens is 2. The summed E-state index contributed by atoms with van der Waals surface area (Å²) in [4.78, 5) is 17.1. The maximum absolute atomic E-state index is 12.6. The van der Waals surface area contributed by atoms with E-state index in [0.717, 1.165) is 11.0 Å². The highest BCUT2D eigenvalue weighted by molar-refractivity contribution is 8.93. The molecule has 25 heavy (non-hydrogen) atoms. The molecule has 1 heterocycles. The third-order valence-electron chi connectivity index (χ3n) is 3.59. The fourth-order valence-electron chi connectivity index (χ4n) is 2.44. The van der Waals surface area contributed by atoms with E-state index in [-0.39, 0.29) is 35.9 Å². The number of anilines is 1. The van der Waals surface area contributed by atoms with Gasteiger partial charge in [-0.3, -0.25) is 4.79 Å². The molecule has 0 saturated heterocycles. The van der Waals surface area contributed by atoms with Crippen molar-refractivity contribution in [2.75, 3.05) is 18.5 Å². The Bertz CT molecular complexity index is 899. The van der Waals surface area contributed by atoms with Gasteiger partial charge in [-0.1, -0.05) is 35.3 Å². The normalized spacial score (nSPS) is 10.5. The summed E-state index contributed by atoms with van der Waals surface area (Å²) in [5.41, 5.74) is 2.10. The molecule has 0 radical (unpaired) electrons. The van der Waals surface area contributed by atoms with Crippen LogP contribution in [0.2, 0.25) is 10.0 Å². The first-order valence-corrected chi connectivity index (χ1v) is 8.14. The molecule has 0 aliphatic carbocycles. The number of nitrogens with zero attached hydrogens (tertiary/aromatic N) is 2. The van der Waals surface area contributed by atoms with Crippen LogP contribution in [0.15, 0.2) is 42.5 Å². The van der Waals surface area contributed by atoms with E-state index in [1.54, 1.807) is 22.8 Å². The lowest BCUT2D eigenvalue weighted by Gasteiger charge is -2.10. The predicted molar refractivity (Wildman–Crippen MR) is 106 cm³/mol. The number of ketones is 1. The Hall–Kier alpha value is -1.60. The number of aliphatic hydroxyl groups excluding tert-OH is 1. The second-order valence-electron chi connectivity index (χ2n) is 5.21. The maximum atomic E-state index is 12.6. The molecule has 3 aromatic rings. The molecule has 0 spiro atoms. The monoisotopic (exact) mass is 443 g/mol. The van der Waals surface area contributed by atoms with Crippen molar-refractivity contribution >= 4 is 62.9 Å². The van der Waals surface area contributed by atoms with E-state index in [4.69, 9.17) is 28.3 Å². The minimum Gasteiger partial charge on any atom is -0.395 e. The van der Waals surface area contributed by atoms with Crippen molar-refractivity contribution < 1.29 is 9.90 Å². The summed E-state index contributed by atoms with van der Waals surface area (Å²) in [6, 6.07) is 12.4. The highest BCUT2D eigenvalue weighted by Crippen LogP contribution is 2.24. The van der Waals surface area contributed by atoms with Crippen LogP contribution in [0.1, 0.15) is 10.4 Å². The largest absolute Gasteiger partial charge is 0.395 e. The quantitative estimate of drug-likeness (QED) is 0.559. The molecule has 0 amide bonds. The number of hydrogen-bond donors (Lipinski definition) is 2. The average Bonchev–Trinajstić information content (AvgIpc) is 2.93. The summed E-state index contributed by atoms with van der Waals surface area (Å²) < 4.78 is 1.79. The molecule has 0 aliphatic heterocycles. The molecular formula is C17H16BrCl2N3O2. The van der Waals surface area contributed by atoms with E-state index in [1.165, 1.54) is 0 Å². The molecule has 8 heteroatoms. The fourth-order valence-corrected chi connectivity index (χ4v) is 2.74. The van der Waals surface area contributed by atoms with Gasteiger partial charge in [0.05, 0.1) is 34.2 Å². The lowest BCUT2D eigenvalue weighted by molar-refractivity contribution is 0.0974. The van der Waals surface area contributed by atoms with Crippen molar-refractivity contribution in [3.8, 4) is 0 Å². The van der Waals surface area contributed by atoms with Crippen LogP contribution in [0.5, 0.6) is 0 Å². The Morgan fingerprint density at radius 3 is 2.64 bits per heavy atom. The van der Waals surface area contributed by atoms with Crippen LogP contribution in [-0.2, 0) is 6.54 Å². The first-order valence-electron chi connectivity index (χ1n) is 7.38. The van der Waals surface area contributed by atoms with Crippen LogP contribution < -0.4 is 5.32 Å². The Kier molecular flexibility index (Phi) is 6.84. The standard InChI is InChI=1S/C17H15Cl2N3O2.BrH/c18-12-6-5-11(9-13(12)19)16(24)10-22-15-4-2-1-3-14(15)21-17(22)20-7-8-23;/h1-6,9,23H,7-8,10H2,(H,20,21);1H. The molecule has 0 bridgehead atoms. The zero-order chi connectivity index (χ0) is 17.1. The Morgan fingerprint density at radius 1 is 1.16 bits per heavy atom. The van der Waals surface area contributed by atoms with Crippen molar-refractivity contribution in [3.63, 3.8) is 0 Å². The van der Waals surface area contributed by atoms with Gasteiger partial charge in [0, 0.05) is 12.1 Å². The Balaban J connectivity index is 0.00000225. The molecule has 0 saturated carbocycles. The van der Waals surface area contributed by atoms with Crippen molar-refractivity contribution in [1.29, 1.82) is 0 Å². The molecule has 3 rings (SSSR count). The van der Waals surface area contributed by atoms with E-state index in [2.05, 4.69) is 10.3 Å². The van der Waals surface area contributed by atoms with E-state index < -0.39 is 0 Å². The smallest absolute Gasteiger partial charge is 0.204 e. The number of halogens is 3. The molecule has 2 N–H and O–H groups in total. The maximum Gasteiger partial charge on any atom is 0.204 e. The van der Waals surface area contributed by atoms with Gasteiger partial charge >= 0.3 is 0 Å². The number of benzene rings is 2. The molecule has 0 fully saturated rings. The van der Waals surface area contributed by atoms with E-state index in [1.807, 2.05) is 24.3 Å². The average molecular weight is 445 g/mol. The van der Waals surface area contributed by atoms with Gasteiger partial charge in [0.1, 0.15) is 0 Å². The van der Waals surface area contributed by atoms with Crippen molar-refractivity contribution in [3.05, 3.63) is 58.1 Å². The minimum absolute atomic E-state index is 0. The highest BCUT2D eigenvalue weighted by atomic mass is 79.9. The number of fused-ring (bicyclic) bond motifs is 1. The van der Waals surface area contributed by atoms with Crippen LogP contribution in [0.4, 0.5) is 5.95 Å². The predicted octanol–water partition coefficient (Wildman–Crippen LogP) is 4.21. The van der Waals surface area contributed by atoms with Crippen LogP contribution in [0, 0.1) is 0 Å². The van der Waals surface area contributed by atoms with Crippen molar-refractivity contribution in [1.82, 2.24) is 9.55 Å². The zero-order valence-corrected chi connectivity index (χ0v) is 16.3. The zero-order valence-electron chi connectivity index (χ0n) is 13.1. The molecule has 1 aromatic heterocycles. The third kappa shape index (κ3) is 4.33. The van der Waals surface area contributed by atoms with Crippen LogP contribution in [-0.4, -0.2) is 33.6 Å². The summed E-state index contributed by atoms with van der Waals surface area (Å²) in [6.07, 6.45) is 0. The van der Waals surface area contributed by atoms with Crippen molar-refractivity contribution in [2.24, 2.45) is 0 Å². The number of rotatable bonds is 6. The Labute approximate surface area is 165 Å². The van der Waals surface area contributed by atoms with Gasteiger partial charge in [-0.15, -0.1) is 17.0 Å². The summed E-state index contributed by atoms with van der Waals surface area (Å²) in [7, 11) is 0. The van der Waals surface area contributed by atoms with Crippen molar-refractivity contribution in [2.45, 2.75) is 6.54 Å². The second kappa shape index (κ2) is 8.67. The first-order chi connectivity index (χ1) is 11.6. The van der Waals surface area contributed by atoms with Crippen LogP contribution in [0.25, 0.3) is 11.0 Å². The number of Topliss-reactive ketones (excluding diaryl/α,β-unsaturated/α-hetero) is 1. The molecular weight excluding hydrogens is 429 g/mol. The van der Waals surface area contributed by atoms with Gasteiger partial charge in [0.2, 0.25) is 5.95 Å². The first kappa shape index (κ1) is 19.7. The van der Waals surface area contributed by atoms with Crippen LogP contribution in [0.3, 0.4) is 0 Å². The molecule has 0 atom stereocenters. The highest BCUT2D eigenvalue weighted by Gasteiger charge is 2.15. The molecule has 5 nitrogen and oxygen atoms in total. The van der Waals surface area contributed by atoms with Gasteiger partial charge in [-0.05, 0) is 30.3 Å². The lowest BCUT2D eigenvalue weighted by Crippen LogP contribution is -2.16. The third-order valence-corrected chi connectivity index (χ3v) is 4.33. The summed E-state index contributed by atoms with van der Waals surface area (Å²) in [5, 5.41) is 12.8. The number of carbonyl (C=O) groups is 1. The molecule has 0 unspecified atom stereocenters. The fraction of sp³-hybridized carbons (Fsp3) is 0.176. The molecule has 0 aliphatic rings. The van der Waals surface area contributed by atoms with Gasteiger partial charge in [-0.2, -0.15) is 0 Å². The molecule has 2 aromatic carbocycles. The number of carbonyl (C=O) groups excluding carboxylic acids is 1. The number of para-hydroxylation sites is 2. The molecule has 132 valence electrons. The van der Waals surface area contributed by atoms with E-state index >= 15 is 0 Å². The number of nitrogens with one attached hydrogen (secondary N) is 1. The summed E-state index contributed by atoms with van der Waals surface area (Å²) >= 11 is 11.9. The SMILES string of the molecule is Br.O=C(Cn1c(NCCO)nc2ccccc21)c1ccc(Cl)c(Cl)c1. The number of hydrogen-bond acceptors (Lipinski definition) is 4. The van der Waals surface area contributed by atoms with Crippen LogP contribution >= 0.6 is 40.2 Å². The lowest BCUT2D eigenvalue weighted by atomic mass is 10.1. The van der Waals surface area contributed by atoms with E-state index in [0.29, 0.717) is 28.1 Å². The van der Waals surface area contributed by atoms with Gasteiger partial charge < -0.3 is 15.0 Å². The topological polar surface area (TPSA) is 67.2 Å². The second-order valence-corrected chi connectivity index (χ2v) is 6.03. The number of aliphatic hydroxyl groups is 1. The number of imidazole rings is 1. The minimum atomic E-state index is -0.108. The summed E-state index contributed by atoms with van der Waals surface area (Å²) in [6.45, 7) is 0.431. The van der Waals surface area contributed by atoms with Gasteiger partial charge in [0.25, 0.3) is 0 Å². The van der Waals surface area contributed by atoms with E-state index in [9.17, 15) is 4.79 Å². The van der Waals surface area contributed by atoms with Gasteiger partial charge in [0.15, 0.2) is 5.78 Å².